The first-order valence-electron chi connectivity index (χ1n) is 5.54. The Morgan fingerprint density at radius 3 is 2.88 bits per heavy atom. The van der Waals surface area contributed by atoms with Crippen LogP contribution in [0.4, 0.5) is 5.69 Å². The minimum absolute atomic E-state index is 0.248. The van der Waals surface area contributed by atoms with Gasteiger partial charge in [-0.3, -0.25) is 4.98 Å². The van der Waals surface area contributed by atoms with Crippen molar-refractivity contribution < 1.29 is 9.90 Å². The van der Waals surface area contributed by atoms with Crippen LogP contribution in [0.3, 0.4) is 0 Å². The molecule has 86 valence electrons. The van der Waals surface area contributed by atoms with Gasteiger partial charge in [-0.1, -0.05) is 0 Å². The maximum atomic E-state index is 11.0. The van der Waals surface area contributed by atoms with Crippen molar-refractivity contribution in [1.29, 1.82) is 0 Å². The standard InChI is InChI=1S/C12H16N2O2/c1-7-5-11(10(6-13-7)12(15)16)14-8(2)9-3-4-9/h5-6,8-9H,3-4H2,1-2H3,(H,13,14)(H,15,16). The van der Waals surface area contributed by atoms with Gasteiger partial charge in [-0.25, -0.2) is 4.79 Å². The zero-order chi connectivity index (χ0) is 11.7. The van der Waals surface area contributed by atoms with E-state index < -0.39 is 5.97 Å². The third-order valence-electron chi connectivity index (χ3n) is 2.98. The zero-order valence-corrected chi connectivity index (χ0v) is 9.53. The zero-order valence-electron chi connectivity index (χ0n) is 9.53. The van der Waals surface area contributed by atoms with E-state index in [4.69, 9.17) is 5.11 Å². The summed E-state index contributed by atoms with van der Waals surface area (Å²) in [6, 6.07) is 2.13. The van der Waals surface area contributed by atoms with Gasteiger partial charge in [0.1, 0.15) is 5.56 Å². The molecule has 1 heterocycles. The van der Waals surface area contributed by atoms with Crippen LogP contribution in [0.15, 0.2) is 12.3 Å². The number of carboxylic acids is 1. The summed E-state index contributed by atoms with van der Waals surface area (Å²) in [7, 11) is 0. The highest BCUT2D eigenvalue weighted by Crippen LogP contribution is 2.34. The van der Waals surface area contributed by atoms with Gasteiger partial charge >= 0.3 is 5.97 Å². The largest absolute Gasteiger partial charge is 0.478 e. The average molecular weight is 220 g/mol. The Labute approximate surface area is 94.7 Å². The van der Waals surface area contributed by atoms with Gasteiger partial charge in [0.25, 0.3) is 0 Å². The van der Waals surface area contributed by atoms with Gasteiger partial charge in [-0.15, -0.1) is 0 Å². The molecular formula is C12H16N2O2. The molecular weight excluding hydrogens is 204 g/mol. The number of anilines is 1. The lowest BCUT2D eigenvalue weighted by Crippen LogP contribution is -2.19. The summed E-state index contributed by atoms with van der Waals surface area (Å²) in [6.45, 7) is 3.96. The van der Waals surface area contributed by atoms with Gasteiger partial charge in [0.05, 0.1) is 5.69 Å². The number of carboxylic acid groups (broad SMARTS) is 1. The van der Waals surface area contributed by atoms with E-state index in [1.807, 2.05) is 6.92 Å². The Kier molecular flexibility index (Phi) is 2.81. The number of hydrogen-bond donors (Lipinski definition) is 2. The molecule has 1 aliphatic rings. The van der Waals surface area contributed by atoms with Crippen molar-refractivity contribution in [3.63, 3.8) is 0 Å². The van der Waals surface area contributed by atoms with Gasteiger partial charge in [-0.05, 0) is 38.7 Å². The van der Waals surface area contributed by atoms with Crippen LogP contribution in [0.5, 0.6) is 0 Å². The molecule has 1 aromatic rings. The minimum atomic E-state index is -0.932. The lowest BCUT2D eigenvalue weighted by atomic mass is 10.1. The first-order valence-corrected chi connectivity index (χ1v) is 5.54. The van der Waals surface area contributed by atoms with E-state index in [0.29, 0.717) is 17.6 Å². The van der Waals surface area contributed by atoms with E-state index in [-0.39, 0.29) is 5.56 Å². The number of aryl methyl sites for hydroxylation is 1. The normalized spacial score (nSPS) is 16.9. The molecule has 1 saturated carbocycles. The smallest absolute Gasteiger partial charge is 0.339 e. The number of aromatic carboxylic acids is 1. The molecule has 0 aliphatic heterocycles. The molecule has 0 saturated heterocycles. The third-order valence-corrected chi connectivity index (χ3v) is 2.98. The van der Waals surface area contributed by atoms with Crippen molar-refractivity contribution in [1.82, 2.24) is 4.98 Å². The second kappa shape index (κ2) is 4.12. The van der Waals surface area contributed by atoms with Crippen molar-refractivity contribution in [3.05, 3.63) is 23.5 Å². The van der Waals surface area contributed by atoms with Crippen LogP contribution in [0, 0.1) is 12.8 Å². The first kappa shape index (κ1) is 10.9. The van der Waals surface area contributed by atoms with Crippen molar-refractivity contribution >= 4 is 11.7 Å². The lowest BCUT2D eigenvalue weighted by Gasteiger charge is -2.16. The summed E-state index contributed by atoms with van der Waals surface area (Å²) in [4.78, 5) is 15.0. The van der Waals surface area contributed by atoms with E-state index in [9.17, 15) is 4.79 Å². The minimum Gasteiger partial charge on any atom is -0.478 e. The highest BCUT2D eigenvalue weighted by Gasteiger charge is 2.28. The number of aromatic nitrogens is 1. The average Bonchev–Trinajstić information content (AvgIpc) is 2.99. The Bertz CT molecular complexity index is 413. The molecule has 1 aliphatic carbocycles. The summed E-state index contributed by atoms with van der Waals surface area (Å²) in [5.41, 5.74) is 1.76. The topological polar surface area (TPSA) is 62.2 Å². The van der Waals surface area contributed by atoms with Crippen molar-refractivity contribution in [2.24, 2.45) is 5.92 Å². The van der Waals surface area contributed by atoms with E-state index in [0.717, 1.165) is 5.69 Å². The van der Waals surface area contributed by atoms with Crippen LogP contribution in [0.1, 0.15) is 35.8 Å². The molecule has 4 nitrogen and oxygen atoms in total. The highest BCUT2D eigenvalue weighted by atomic mass is 16.4. The Hall–Kier alpha value is -1.58. The Morgan fingerprint density at radius 1 is 1.62 bits per heavy atom. The summed E-state index contributed by atoms with van der Waals surface area (Å²) in [6.07, 6.45) is 3.89. The maximum Gasteiger partial charge on any atom is 0.339 e. The second-order valence-electron chi connectivity index (χ2n) is 4.45. The lowest BCUT2D eigenvalue weighted by molar-refractivity contribution is 0.0697. The Morgan fingerprint density at radius 2 is 2.31 bits per heavy atom. The molecule has 0 bridgehead atoms. The van der Waals surface area contributed by atoms with Crippen molar-refractivity contribution in [2.75, 3.05) is 5.32 Å². The number of nitrogens with zero attached hydrogens (tertiary/aromatic N) is 1. The van der Waals surface area contributed by atoms with Crippen molar-refractivity contribution in [3.8, 4) is 0 Å². The fourth-order valence-electron chi connectivity index (χ4n) is 1.81. The van der Waals surface area contributed by atoms with E-state index in [1.54, 1.807) is 6.07 Å². The van der Waals surface area contributed by atoms with Gasteiger partial charge in [0.15, 0.2) is 0 Å². The fraction of sp³-hybridized carbons (Fsp3) is 0.500. The van der Waals surface area contributed by atoms with Crippen LogP contribution in [-0.4, -0.2) is 22.1 Å². The number of carbonyl (C=O) groups is 1. The molecule has 1 unspecified atom stereocenters. The molecule has 4 heteroatoms. The molecule has 0 spiro atoms. The summed E-state index contributed by atoms with van der Waals surface area (Å²) in [5, 5.41) is 12.3. The van der Waals surface area contributed by atoms with Crippen LogP contribution in [0.25, 0.3) is 0 Å². The monoisotopic (exact) mass is 220 g/mol. The van der Waals surface area contributed by atoms with E-state index >= 15 is 0 Å². The third kappa shape index (κ3) is 2.32. The molecule has 16 heavy (non-hydrogen) atoms. The summed E-state index contributed by atoms with van der Waals surface area (Å²) in [5.74, 6) is -0.242. The molecule has 0 amide bonds. The Balaban J connectivity index is 2.22. The van der Waals surface area contributed by atoms with Crippen LogP contribution < -0.4 is 5.32 Å². The number of pyridine rings is 1. The first-order chi connectivity index (χ1) is 7.58. The summed E-state index contributed by atoms with van der Waals surface area (Å²) < 4.78 is 0. The molecule has 2 N–H and O–H groups in total. The molecule has 0 radical (unpaired) electrons. The number of nitrogens with one attached hydrogen (secondary N) is 1. The van der Waals surface area contributed by atoms with Crippen molar-refractivity contribution in [2.45, 2.75) is 32.7 Å². The molecule has 2 rings (SSSR count). The fourth-order valence-corrected chi connectivity index (χ4v) is 1.81. The number of rotatable bonds is 4. The van der Waals surface area contributed by atoms with Gasteiger partial charge in [-0.2, -0.15) is 0 Å². The number of hydrogen-bond acceptors (Lipinski definition) is 3. The molecule has 1 atom stereocenters. The SMILES string of the molecule is Cc1cc(NC(C)C2CC2)c(C(=O)O)cn1. The van der Waals surface area contributed by atoms with E-state index in [2.05, 4.69) is 17.2 Å². The van der Waals surface area contributed by atoms with Crippen LogP contribution >= 0.6 is 0 Å². The highest BCUT2D eigenvalue weighted by molar-refractivity contribution is 5.93. The summed E-state index contributed by atoms with van der Waals surface area (Å²) >= 11 is 0. The predicted octanol–water partition coefficient (Wildman–Crippen LogP) is 2.30. The predicted molar refractivity (Wildman–Crippen MR) is 61.7 cm³/mol. The maximum absolute atomic E-state index is 11.0. The van der Waals surface area contributed by atoms with Crippen LogP contribution in [-0.2, 0) is 0 Å². The second-order valence-corrected chi connectivity index (χ2v) is 4.45. The van der Waals surface area contributed by atoms with Gasteiger partial charge in [0.2, 0.25) is 0 Å². The molecule has 1 fully saturated rings. The van der Waals surface area contributed by atoms with Gasteiger partial charge in [0, 0.05) is 17.9 Å². The van der Waals surface area contributed by atoms with Crippen LogP contribution in [0.2, 0.25) is 0 Å². The molecule has 0 aromatic carbocycles. The quantitative estimate of drug-likeness (QED) is 0.817. The molecule has 1 aromatic heterocycles. The van der Waals surface area contributed by atoms with Gasteiger partial charge < -0.3 is 10.4 Å². The van der Waals surface area contributed by atoms with E-state index in [1.165, 1.54) is 19.0 Å².